The van der Waals surface area contributed by atoms with Gasteiger partial charge in [0.25, 0.3) is 0 Å². The molecule has 0 aromatic carbocycles. The second-order valence-electron chi connectivity index (χ2n) is 4.19. The van der Waals surface area contributed by atoms with Gasteiger partial charge in [0.2, 0.25) is 0 Å². The van der Waals surface area contributed by atoms with Crippen LogP contribution in [0, 0.1) is 5.92 Å². The lowest BCUT2D eigenvalue weighted by Gasteiger charge is -2.11. The highest BCUT2D eigenvalue weighted by atomic mass is 14.1. The number of hydrogen-bond donors (Lipinski definition) is 0. The van der Waals surface area contributed by atoms with Gasteiger partial charge in [0, 0.05) is 0 Å². The summed E-state index contributed by atoms with van der Waals surface area (Å²) in [7, 11) is 0. The summed E-state index contributed by atoms with van der Waals surface area (Å²) in [5.74, 6) is 0.904. The van der Waals surface area contributed by atoms with E-state index in [0.29, 0.717) is 0 Å². The van der Waals surface area contributed by atoms with Crippen LogP contribution in [0.25, 0.3) is 0 Å². The number of allylic oxidation sites excluding steroid dienone is 4. The van der Waals surface area contributed by atoms with Gasteiger partial charge in [0.15, 0.2) is 0 Å². The molecule has 0 aliphatic heterocycles. The summed E-state index contributed by atoms with van der Waals surface area (Å²) in [5, 5.41) is 0. The third kappa shape index (κ3) is 4.31. The molecule has 0 heterocycles. The van der Waals surface area contributed by atoms with Crippen LogP contribution in [0.15, 0.2) is 23.8 Å². The Bertz CT molecular complexity index is 186. The SMILES string of the molecule is CCCC(C)CCC1=CCCC=C1. The predicted molar refractivity (Wildman–Crippen MR) is 59.8 cm³/mol. The van der Waals surface area contributed by atoms with Crippen LogP contribution in [0.3, 0.4) is 0 Å². The van der Waals surface area contributed by atoms with E-state index in [4.69, 9.17) is 0 Å². The van der Waals surface area contributed by atoms with Crippen molar-refractivity contribution in [2.75, 3.05) is 0 Å². The van der Waals surface area contributed by atoms with E-state index in [-0.39, 0.29) is 0 Å². The smallest absolute Gasteiger partial charge is 0.0280 e. The Kier molecular flexibility index (Phi) is 4.88. The van der Waals surface area contributed by atoms with Crippen molar-refractivity contribution < 1.29 is 0 Å². The van der Waals surface area contributed by atoms with Gasteiger partial charge < -0.3 is 0 Å². The Morgan fingerprint density at radius 1 is 1.31 bits per heavy atom. The molecule has 74 valence electrons. The van der Waals surface area contributed by atoms with E-state index in [1.54, 1.807) is 5.57 Å². The fourth-order valence-electron chi connectivity index (χ4n) is 1.90. The summed E-state index contributed by atoms with van der Waals surface area (Å²) in [5.41, 5.74) is 1.56. The standard InChI is InChI=1S/C13H22/c1-3-7-12(2)10-11-13-8-5-4-6-9-13/h5,8-9,12H,3-4,6-7,10-11H2,1-2H3. The largest absolute Gasteiger partial charge is 0.0840 e. The minimum atomic E-state index is 0.904. The molecule has 1 rings (SSSR count). The molecule has 1 aliphatic carbocycles. The highest BCUT2D eigenvalue weighted by Crippen LogP contribution is 2.20. The van der Waals surface area contributed by atoms with E-state index < -0.39 is 0 Å². The second kappa shape index (κ2) is 6.01. The summed E-state index contributed by atoms with van der Waals surface area (Å²) in [6.07, 6.45) is 14.9. The van der Waals surface area contributed by atoms with Crippen molar-refractivity contribution in [3.05, 3.63) is 23.8 Å². The lowest BCUT2D eigenvalue weighted by atomic mass is 9.95. The first-order valence-corrected chi connectivity index (χ1v) is 5.68. The fraction of sp³-hybridized carbons (Fsp3) is 0.692. The molecule has 0 spiro atoms. The zero-order chi connectivity index (χ0) is 9.52. The molecule has 0 bridgehead atoms. The van der Waals surface area contributed by atoms with Crippen LogP contribution in [0.1, 0.15) is 52.4 Å². The molecule has 0 aromatic rings. The van der Waals surface area contributed by atoms with Gasteiger partial charge in [0.1, 0.15) is 0 Å². The fourth-order valence-corrected chi connectivity index (χ4v) is 1.90. The minimum absolute atomic E-state index is 0.904. The molecule has 0 aromatic heterocycles. The maximum atomic E-state index is 2.40. The van der Waals surface area contributed by atoms with Gasteiger partial charge in [-0.05, 0) is 31.6 Å². The average Bonchev–Trinajstić information content (AvgIpc) is 2.17. The van der Waals surface area contributed by atoms with Crippen LogP contribution in [0.4, 0.5) is 0 Å². The van der Waals surface area contributed by atoms with Gasteiger partial charge in [-0.2, -0.15) is 0 Å². The summed E-state index contributed by atoms with van der Waals surface area (Å²) < 4.78 is 0. The highest BCUT2D eigenvalue weighted by molar-refractivity contribution is 5.21. The van der Waals surface area contributed by atoms with Crippen molar-refractivity contribution in [2.24, 2.45) is 5.92 Å². The van der Waals surface area contributed by atoms with E-state index in [1.165, 1.54) is 38.5 Å². The Hall–Kier alpha value is -0.520. The molecular weight excluding hydrogens is 156 g/mol. The predicted octanol–water partition coefficient (Wildman–Crippen LogP) is 4.48. The molecular formula is C13H22. The summed E-state index contributed by atoms with van der Waals surface area (Å²) in [6, 6.07) is 0. The monoisotopic (exact) mass is 178 g/mol. The second-order valence-corrected chi connectivity index (χ2v) is 4.19. The van der Waals surface area contributed by atoms with Gasteiger partial charge in [-0.1, -0.05) is 50.5 Å². The van der Waals surface area contributed by atoms with Gasteiger partial charge in [-0.3, -0.25) is 0 Å². The van der Waals surface area contributed by atoms with Crippen molar-refractivity contribution in [1.29, 1.82) is 0 Å². The van der Waals surface area contributed by atoms with Crippen molar-refractivity contribution in [2.45, 2.75) is 52.4 Å². The lowest BCUT2D eigenvalue weighted by Crippen LogP contribution is -1.95. The van der Waals surface area contributed by atoms with Gasteiger partial charge in [-0.25, -0.2) is 0 Å². The van der Waals surface area contributed by atoms with Crippen molar-refractivity contribution in [1.82, 2.24) is 0 Å². The molecule has 1 atom stereocenters. The molecule has 0 nitrogen and oxygen atoms in total. The van der Waals surface area contributed by atoms with E-state index in [9.17, 15) is 0 Å². The van der Waals surface area contributed by atoms with Gasteiger partial charge in [0.05, 0.1) is 0 Å². The maximum absolute atomic E-state index is 2.40. The summed E-state index contributed by atoms with van der Waals surface area (Å²) >= 11 is 0. The highest BCUT2D eigenvalue weighted by Gasteiger charge is 2.02. The summed E-state index contributed by atoms with van der Waals surface area (Å²) in [4.78, 5) is 0. The molecule has 0 heteroatoms. The molecule has 0 radical (unpaired) electrons. The van der Waals surface area contributed by atoms with E-state index in [1.807, 2.05) is 0 Å². The molecule has 0 fully saturated rings. The Morgan fingerprint density at radius 2 is 2.15 bits per heavy atom. The zero-order valence-electron chi connectivity index (χ0n) is 9.05. The summed E-state index contributed by atoms with van der Waals surface area (Å²) in [6.45, 7) is 4.65. The molecule has 0 amide bonds. The number of hydrogen-bond acceptors (Lipinski definition) is 0. The third-order valence-electron chi connectivity index (χ3n) is 2.78. The topological polar surface area (TPSA) is 0 Å². The quantitative estimate of drug-likeness (QED) is 0.582. The van der Waals surface area contributed by atoms with Crippen LogP contribution in [-0.2, 0) is 0 Å². The van der Waals surface area contributed by atoms with Crippen LogP contribution in [0.2, 0.25) is 0 Å². The Balaban J connectivity index is 2.18. The zero-order valence-corrected chi connectivity index (χ0v) is 9.05. The molecule has 0 saturated heterocycles. The first kappa shape index (κ1) is 10.6. The average molecular weight is 178 g/mol. The van der Waals surface area contributed by atoms with E-state index >= 15 is 0 Å². The van der Waals surface area contributed by atoms with Crippen LogP contribution >= 0.6 is 0 Å². The third-order valence-corrected chi connectivity index (χ3v) is 2.78. The van der Waals surface area contributed by atoms with Gasteiger partial charge in [-0.15, -0.1) is 0 Å². The van der Waals surface area contributed by atoms with Crippen LogP contribution in [0.5, 0.6) is 0 Å². The van der Waals surface area contributed by atoms with Crippen molar-refractivity contribution >= 4 is 0 Å². The first-order valence-electron chi connectivity index (χ1n) is 5.68. The van der Waals surface area contributed by atoms with E-state index in [0.717, 1.165) is 5.92 Å². The maximum Gasteiger partial charge on any atom is -0.0280 e. The molecule has 0 N–H and O–H groups in total. The Morgan fingerprint density at radius 3 is 2.77 bits per heavy atom. The molecule has 0 saturated carbocycles. The first-order chi connectivity index (χ1) is 6.33. The molecule has 13 heavy (non-hydrogen) atoms. The molecule has 1 aliphatic rings. The van der Waals surface area contributed by atoms with E-state index in [2.05, 4.69) is 32.1 Å². The van der Waals surface area contributed by atoms with Crippen molar-refractivity contribution in [3.8, 4) is 0 Å². The number of rotatable bonds is 5. The van der Waals surface area contributed by atoms with Crippen molar-refractivity contribution in [3.63, 3.8) is 0 Å². The molecule has 1 unspecified atom stereocenters. The Labute approximate surface area is 82.7 Å². The normalized spacial score (nSPS) is 18.5. The lowest BCUT2D eigenvalue weighted by molar-refractivity contribution is 0.487. The minimum Gasteiger partial charge on any atom is -0.0840 e. The van der Waals surface area contributed by atoms with Crippen LogP contribution in [-0.4, -0.2) is 0 Å². The van der Waals surface area contributed by atoms with Gasteiger partial charge >= 0.3 is 0 Å². The van der Waals surface area contributed by atoms with Crippen LogP contribution < -0.4 is 0 Å².